The highest BCUT2D eigenvalue weighted by Crippen LogP contribution is 2.18. The van der Waals surface area contributed by atoms with Crippen LogP contribution < -0.4 is 0 Å². The van der Waals surface area contributed by atoms with Crippen LogP contribution in [-0.4, -0.2) is 11.1 Å². The molecule has 1 aromatic rings. The second kappa shape index (κ2) is 5.51. The van der Waals surface area contributed by atoms with Crippen LogP contribution in [0.4, 0.5) is 0 Å². The third-order valence-electron chi connectivity index (χ3n) is 1.83. The van der Waals surface area contributed by atoms with E-state index in [0.29, 0.717) is 0 Å². The van der Waals surface area contributed by atoms with E-state index in [4.69, 9.17) is 5.11 Å². The summed E-state index contributed by atoms with van der Waals surface area (Å²) < 4.78 is 1.05. The number of carbonyl (C=O) groups is 1. The average Bonchev–Trinajstić information content (AvgIpc) is 2.18. The first kappa shape index (κ1) is 11.7. The Morgan fingerprint density at radius 3 is 2.73 bits per heavy atom. The third kappa shape index (κ3) is 4.13. The van der Waals surface area contributed by atoms with E-state index in [9.17, 15) is 4.79 Å². The lowest BCUT2D eigenvalue weighted by Gasteiger charge is -1.98. The molecule has 0 amide bonds. The molecule has 0 radical (unpaired) electrons. The minimum atomic E-state index is -0.940. The van der Waals surface area contributed by atoms with Crippen LogP contribution in [0.15, 0.2) is 40.9 Å². The summed E-state index contributed by atoms with van der Waals surface area (Å²) in [6.45, 7) is 2.02. The maximum atomic E-state index is 10.2. The van der Waals surface area contributed by atoms with Crippen LogP contribution in [0.2, 0.25) is 0 Å². The van der Waals surface area contributed by atoms with E-state index >= 15 is 0 Å². The van der Waals surface area contributed by atoms with E-state index in [1.54, 1.807) is 6.08 Å². The van der Waals surface area contributed by atoms with E-state index in [0.717, 1.165) is 16.1 Å². The number of allylic oxidation sites excluding steroid dienone is 2. The molecule has 1 aromatic carbocycles. The van der Waals surface area contributed by atoms with Crippen LogP contribution in [0.1, 0.15) is 11.1 Å². The van der Waals surface area contributed by atoms with E-state index in [1.807, 2.05) is 31.2 Å². The molecule has 0 bridgehead atoms. The Morgan fingerprint density at radius 1 is 1.40 bits per heavy atom. The van der Waals surface area contributed by atoms with Gasteiger partial charge in [-0.15, -0.1) is 0 Å². The molecule has 78 valence electrons. The Bertz CT molecular complexity index is 420. The van der Waals surface area contributed by atoms with E-state index < -0.39 is 5.97 Å². The number of benzene rings is 1. The highest BCUT2D eigenvalue weighted by Gasteiger charge is 1.93. The molecule has 15 heavy (non-hydrogen) atoms. The van der Waals surface area contributed by atoms with Gasteiger partial charge in [0.25, 0.3) is 0 Å². The molecular formula is C12H11BrO2. The molecule has 0 saturated heterocycles. The minimum Gasteiger partial charge on any atom is -0.478 e. The van der Waals surface area contributed by atoms with E-state index in [2.05, 4.69) is 15.9 Å². The van der Waals surface area contributed by atoms with E-state index in [-0.39, 0.29) is 0 Å². The van der Waals surface area contributed by atoms with Crippen molar-refractivity contribution in [1.82, 2.24) is 0 Å². The van der Waals surface area contributed by atoms with Gasteiger partial charge in [0, 0.05) is 10.5 Å². The number of hydrogen-bond donors (Lipinski definition) is 1. The Morgan fingerprint density at radius 2 is 2.13 bits per heavy atom. The van der Waals surface area contributed by atoms with Gasteiger partial charge in [-0.2, -0.15) is 0 Å². The standard InChI is InChI=1S/C12H11BrO2/c1-9-6-7-10(8-11(9)13)4-2-3-5-12(14)15/h2-8H,1H3,(H,14,15)/b4-2+,5-3+. The number of aliphatic carboxylic acids is 1. The zero-order chi connectivity index (χ0) is 11.3. The SMILES string of the molecule is Cc1ccc(/C=C/C=C/C(=O)O)cc1Br. The molecule has 0 fully saturated rings. The van der Waals surface area contributed by atoms with Crippen LogP contribution in [0.5, 0.6) is 0 Å². The number of halogens is 1. The van der Waals surface area contributed by atoms with Gasteiger partial charge in [-0.05, 0) is 24.1 Å². The maximum absolute atomic E-state index is 10.2. The summed E-state index contributed by atoms with van der Waals surface area (Å²) in [7, 11) is 0. The highest BCUT2D eigenvalue weighted by molar-refractivity contribution is 9.10. The molecule has 3 heteroatoms. The summed E-state index contributed by atoms with van der Waals surface area (Å²) in [6, 6.07) is 5.97. The third-order valence-corrected chi connectivity index (χ3v) is 2.69. The molecule has 0 spiro atoms. The number of aryl methyl sites for hydroxylation is 1. The maximum Gasteiger partial charge on any atom is 0.328 e. The van der Waals surface area contributed by atoms with Crippen molar-refractivity contribution in [3.63, 3.8) is 0 Å². The van der Waals surface area contributed by atoms with Gasteiger partial charge in [0.05, 0.1) is 0 Å². The second-order valence-corrected chi connectivity index (χ2v) is 3.92. The van der Waals surface area contributed by atoms with Gasteiger partial charge in [0.2, 0.25) is 0 Å². The van der Waals surface area contributed by atoms with Gasteiger partial charge in [0.1, 0.15) is 0 Å². The molecule has 2 nitrogen and oxygen atoms in total. The predicted octanol–water partition coefficient (Wildman–Crippen LogP) is 3.41. The van der Waals surface area contributed by atoms with Crippen LogP contribution in [0, 0.1) is 6.92 Å². The molecule has 0 heterocycles. The van der Waals surface area contributed by atoms with Gasteiger partial charge in [0.15, 0.2) is 0 Å². The van der Waals surface area contributed by atoms with Crippen molar-refractivity contribution in [3.05, 3.63) is 52.0 Å². The highest BCUT2D eigenvalue weighted by atomic mass is 79.9. The number of carboxylic acid groups (broad SMARTS) is 1. The van der Waals surface area contributed by atoms with Gasteiger partial charge < -0.3 is 5.11 Å². The summed E-state index contributed by atoms with van der Waals surface area (Å²) in [5.74, 6) is -0.940. The lowest BCUT2D eigenvalue weighted by atomic mass is 10.1. The molecule has 0 atom stereocenters. The van der Waals surface area contributed by atoms with Crippen molar-refractivity contribution in [2.45, 2.75) is 6.92 Å². The van der Waals surface area contributed by atoms with Gasteiger partial charge in [-0.25, -0.2) is 4.79 Å². The smallest absolute Gasteiger partial charge is 0.328 e. The van der Waals surface area contributed by atoms with Crippen LogP contribution >= 0.6 is 15.9 Å². The van der Waals surface area contributed by atoms with Crippen molar-refractivity contribution in [2.24, 2.45) is 0 Å². The molecular weight excluding hydrogens is 256 g/mol. The van der Waals surface area contributed by atoms with Crippen LogP contribution in [-0.2, 0) is 4.79 Å². The van der Waals surface area contributed by atoms with Crippen molar-refractivity contribution < 1.29 is 9.90 Å². The molecule has 1 N–H and O–H groups in total. The Hall–Kier alpha value is -1.35. The van der Waals surface area contributed by atoms with Crippen LogP contribution in [0.3, 0.4) is 0 Å². The monoisotopic (exact) mass is 266 g/mol. The summed E-state index contributed by atoms with van der Waals surface area (Å²) in [6.07, 6.45) is 6.14. The first-order chi connectivity index (χ1) is 7.09. The molecule has 0 aromatic heterocycles. The van der Waals surface area contributed by atoms with E-state index in [1.165, 1.54) is 11.6 Å². The summed E-state index contributed by atoms with van der Waals surface area (Å²) in [4.78, 5) is 10.2. The molecule has 0 aliphatic heterocycles. The second-order valence-electron chi connectivity index (χ2n) is 3.07. The van der Waals surface area contributed by atoms with Crippen molar-refractivity contribution in [3.8, 4) is 0 Å². The summed E-state index contributed by atoms with van der Waals surface area (Å²) in [5.41, 5.74) is 2.20. The molecule has 0 aliphatic carbocycles. The van der Waals surface area contributed by atoms with Gasteiger partial charge in [-0.3, -0.25) is 0 Å². The lowest BCUT2D eigenvalue weighted by Crippen LogP contribution is -1.84. The Kier molecular flexibility index (Phi) is 4.31. The lowest BCUT2D eigenvalue weighted by molar-refractivity contribution is -0.131. The summed E-state index contributed by atoms with van der Waals surface area (Å²) >= 11 is 3.43. The minimum absolute atomic E-state index is 0.940. The van der Waals surface area contributed by atoms with Crippen molar-refractivity contribution in [2.75, 3.05) is 0 Å². The average molecular weight is 267 g/mol. The topological polar surface area (TPSA) is 37.3 Å². The molecule has 1 rings (SSSR count). The van der Waals surface area contributed by atoms with Crippen LogP contribution in [0.25, 0.3) is 6.08 Å². The first-order valence-electron chi connectivity index (χ1n) is 4.43. The molecule has 0 aliphatic rings. The first-order valence-corrected chi connectivity index (χ1v) is 5.23. The number of carboxylic acids is 1. The van der Waals surface area contributed by atoms with Crippen molar-refractivity contribution in [1.29, 1.82) is 0 Å². The van der Waals surface area contributed by atoms with Gasteiger partial charge >= 0.3 is 5.97 Å². The Balaban J connectivity index is 2.73. The normalized spacial score (nSPS) is 11.3. The van der Waals surface area contributed by atoms with Crippen molar-refractivity contribution >= 4 is 28.0 Å². The number of rotatable bonds is 3. The fourth-order valence-corrected chi connectivity index (χ4v) is 1.41. The predicted molar refractivity (Wildman–Crippen MR) is 64.7 cm³/mol. The molecule has 0 unspecified atom stereocenters. The number of hydrogen-bond acceptors (Lipinski definition) is 1. The quantitative estimate of drug-likeness (QED) is 0.673. The fraction of sp³-hybridized carbons (Fsp3) is 0.0833. The van der Waals surface area contributed by atoms with Gasteiger partial charge in [-0.1, -0.05) is 46.3 Å². The Labute approximate surface area is 97.1 Å². The summed E-state index contributed by atoms with van der Waals surface area (Å²) in [5, 5.41) is 8.36. The molecule has 0 saturated carbocycles. The largest absolute Gasteiger partial charge is 0.478 e. The zero-order valence-electron chi connectivity index (χ0n) is 8.27. The fourth-order valence-electron chi connectivity index (χ4n) is 1.02. The zero-order valence-corrected chi connectivity index (χ0v) is 9.86.